The van der Waals surface area contributed by atoms with Crippen LogP contribution in [0.4, 0.5) is 0 Å². The minimum absolute atomic E-state index is 0.0703. The molecule has 1 unspecified atom stereocenters. The van der Waals surface area contributed by atoms with Crippen molar-refractivity contribution in [1.82, 2.24) is 0 Å². The fourth-order valence-electron chi connectivity index (χ4n) is 10.8. The van der Waals surface area contributed by atoms with Gasteiger partial charge in [-0.05, 0) is 57.8 Å². The first-order valence-corrected chi connectivity index (χ1v) is 35.5. The van der Waals surface area contributed by atoms with E-state index in [1.54, 1.807) is 0 Å². The Balaban J connectivity index is 4.34. The monoisotopic (exact) mass is 1110 g/mol. The summed E-state index contributed by atoms with van der Waals surface area (Å²) in [6.07, 6.45) is 84.5. The van der Waals surface area contributed by atoms with Gasteiger partial charge in [0.15, 0.2) is 6.10 Å². The number of allylic oxidation sites excluding steroid dienone is 6. The van der Waals surface area contributed by atoms with Crippen molar-refractivity contribution < 1.29 is 28.6 Å². The highest BCUT2D eigenvalue weighted by Gasteiger charge is 2.19. The van der Waals surface area contributed by atoms with E-state index in [-0.39, 0.29) is 31.1 Å². The predicted octanol–water partition coefficient (Wildman–Crippen LogP) is 24.3. The molecule has 464 valence electrons. The highest BCUT2D eigenvalue weighted by atomic mass is 16.6. The lowest BCUT2D eigenvalue weighted by atomic mass is 10.0. The second-order valence-corrected chi connectivity index (χ2v) is 24.2. The quantitative estimate of drug-likeness (QED) is 0.0261. The zero-order valence-corrected chi connectivity index (χ0v) is 53.4. The molecule has 0 aromatic heterocycles. The van der Waals surface area contributed by atoms with Crippen LogP contribution in [0.2, 0.25) is 0 Å². The van der Waals surface area contributed by atoms with Gasteiger partial charge >= 0.3 is 17.9 Å². The fraction of sp³-hybridized carbons (Fsp3) is 0.877. The topological polar surface area (TPSA) is 78.9 Å². The minimum Gasteiger partial charge on any atom is -0.462 e. The van der Waals surface area contributed by atoms with Crippen molar-refractivity contribution in [3.8, 4) is 0 Å². The van der Waals surface area contributed by atoms with E-state index < -0.39 is 6.10 Å². The van der Waals surface area contributed by atoms with E-state index in [0.717, 1.165) is 77.0 Å². The Morgan fingerprint density at radius 1 is 0.253 bits per heavy atom. The molecule has 6 nitrogen and oxygen atoms in total. The van der Waals surface area contributed by atoms with Gasteiger partial charge in [-0.2, -0.15) is 0 Å². The molecule has 0 aromatic rings. The van der Waals surface area contributed by atoms with Crippen molar-refractivity contribution in [2.45, 2.75) is 399 Å². The van der Waals surface area contributed by atoms with Gasteiger partial charge in [-0.25, -0.2) is 0 Å². The van der Waals surface area contributed by atoms with Crippen LogP contribution in [-0.4, -0.2) is 37.2 Å². The molecule has 0 heterocycles. The van der Waals surface area contributed by atoms with Gasteiger partial charge in [-0.1, -0.05) is 353 Å². The van der Waals surface area contributed by atoms with Gasteiger partial charge in [0, 0.05) is 19.3 Å². The molecule has 0 rings (SSSR count). The normalized spacial score (nSPS) is 12.2. The van der Waals surface area contributed by atoms with E-state index in [2.05, 4.69) is 57.2 Å². The van der Waals surface area contributed by atoms with Crippen molar-refractivity contribution in [2.24, 2.45) is 0 Å². The first-order valence-electron chi connectivity index (χ1n) is 35.5. The van der Waals surface area contributed by atoms with E-state index in [4.69, 9.17) is 14.2 Å². The molecule has 0 radical (unpaired) electrons. The van der Waals surface area contributed by atoms with E-state index in [0.29, 0.717) is 19.3 Å². The number of unbranched alkanes of at least 4 members (excludes halogenated alkanes) is 49. The molecule has 0 spiro atoms. The Kier molecular flexibility index (Phi) is 66.1. The molecule has 0 saturated carbocycles. The molecule has 0 fully saturated rings. The number of carbonyl (C=O) groups is 3. The van der Waals surface area contributed by atoms with E-state index >= 15 is 0 Å². The zero-order valence-electron chi connectivity index (χ0n) is 53.4. The van der Waals surface area contributed by atoms with Gasteiger partial charge in [-0.3, -0.25) is 14.4 Å². The van der Waals surface area contributed by atoms with E-state index in [1.807, 2.05) is 0 Å². The summed E-state index contributed by atoms with van der Waals surface area (Å²) >= 11 is 0. The first kappa shape index (κ1) is 76.6. The summed E-state index contributed by atoms with van der Waals surface area (Å²) < 4.78 is 17.0. The van der Waals surface area contributed by atoms with E-state index in [9.17, 15) is 14.4 Å². The third kappa shape index (κ3) is 66.3. The largest absolute Gasteiger partial charge is 0.462 e. The van der Waals surface area contributed by atoms with Crippen molar-refractivity contribution in [3.05, 3.63) is 36.5 Å². The number of hydrogen-bond acceptors (Lipinski definition) is 6. The summed E-state index contributed by atoms with van der Waals surface area (Å²) in [4.78, 5) is 38.5. The van der Waals surface area contributed by atoms with Gasteiger partial charge in [0.25, 0.3) is 0 Å². The lowest BCUT2D eigenvalue weighted by molar-refractivity contribution is -0.167. The molecule has 0 aromatic carbocycles. The average molecular weight is 1110 g/mol. The van der Waals surface area contributed by atoms with Crippen LogP contribution in [0.5, 0.6) is 0 Å². The second-order valence-electron chi connectivity index (χ2n) is 24.2. The molecule has 0 aliphatic rings. The first-order chi connectivity index (χ1) is 39.0. The highest BCUT2D eigenvalue weighted by molar-refractivity contribution is 5.71. The molecule has 0 saturated heterocycles. The molecule has 0 N–H and O–H groups in total. The molecular weight excluding hydrogens is 973 g/mol. The maximum Gasteiger partial charge on any atom is 0.306 e. The Hall–Kier alpha value is -2.37. The van der Waals surface area contributed by atoms with Crippen LogP contribution in [0.3, 0.4) is 0 Å². The SMILES string of the molecule is CCCCCCC/C=C\C/C=C\C/C=C\CCCCCCCCC(=O)OCC(COC(=O)CCCCCCCCCCCCCCCCCCCCC)OC(=O)CCCCCCCCCCCCCCCCCCCCCCC. The zero-order chi connectivity index (χ0) is 57.1. The van der Waals surface area contributed by atoms with Crippen molar-refractivity contribution >= 4 is 17.9 Å². The molecule has 1 atom stereocenters. The third-order valence-electron chi connectivity index (χ3n) is 16.1. The Bertz CT molecular complexity index is 1320. The predicted molar refractivity (Wildman–Crippen MR) is 344 cm³/mol. The number of hydrogen-bond donors (Lipinski definition) is 0. The van der Waals surface area contributed by atoms with Crippen LogP contribution in [-0.2, 0) is 28.6 Å². The summed E-state index contributed by atoms with van der Waals surface area (Å²) in [7, 11) is 0. The third-order valence-corrected chi connectivity index (χ3v) is 16.1. The number of carbonyl (C=O) groups excluding carboxylic acids is 3. The standard InChI is InChI=1S/C73H136O6/c1-4-7-10-13-16-19-22-25-28-31-34-36-39-42-45-48-51-54-57-60-63-66-72(75)78-69-70(68-77-71(74)65-62-59-56-53-50-47-44-41-38-33-30-27-24-21-18-15-12-9-6-3)79-73(76)67-64-61-58-55-52-49-46-43-40-37-35-32-29-26-23-20-17-14-11-8-5-2/h22,25,31,34,39,42,70H,4-21,23-24,26-30,32-33,35-38,40-41,43-69H2,1-3H3/b25-22-,34-31-,42-39-. The van der Waals surface area contributed by atoms with E-state index in [1.165, 1.54) is 276 Å². The Labute approximate surface area is 493 Å². The summed E-state index contributed by atoms with van der Waals surface area (Å²) in [6.45, 7) is 6.70. The lowest BCUT2D eigenvalue weighted by Crippen LogP contribution is -2.30. The summed E-state index contributed by atoms with van der Waals surface area (Å²) in [6, 6.07) is 0. The van der Waals surface area contributed by atoms with Crippen molar-refractivity contribution in [2.75, 3.05) is 13.2 Å². The van der Waals surface area contributed by atoms with Crippen LogP contribution in [0.25, 0.3) is 0 Å². The lowest BCUT2D eigenvalue weighted by Gasteiger charge is -2.18. The molecule has 6 heteroatoms. The van der Waals surface area contributed by atoms with Gasteiger partial charge in [0.05, 0.1) is 0 Å². The van der Waals surface area contributed by atoms with Gasteiger partial charge < -0.3 is 14.2 Å². The smallest absolute Gasteiger partial charge is 0.306 e. The maximum atomic E-state index is 13.0. The minimum atomic E-state index is -0.776. The van der Waals surface area contributed by atoms with Gasteiger partial charge in [0.1, 0.15) is 13.2 Å². The fourth-order valence-corrected chi connectivity index (χ4v) is 10.8. The number of rotatable bonds is 66. The molecule has 0 aliphatic carbocycles. The molecular formula is C73H136O6. The molecule has 79 heavy (non-hydrogen) atoms. The van der Waals surface area contributed by atoms with Crippen molar-refractivity contribution in [3.63, 3.8) is 0 Å². The Morgan fingerprint density at radius 3 is 0.709 bits per heavy atom. The number of ether oxygens (including phenoxy) is 3. The summed E-state index contributed by atoms with van der Waals surface area (Å²) in [5.74, 6) is -0.851. The highest BCUT2D eigenvalue weighted by Crippen LogP contribution is 2.19. The number of esters is 3. The van der Waals surface area contributed by atoms with Crippen LogP contribution in [0.15, 0.2) is 36.5 Å². The summed E-state index contributed by atoms with van der Waals surface area (Å²) in [5.41, 5.74) is 0. The Morgan fingerprint density at radius 2 is 0.456 bits per heavy atom. The average Bonchev–Trinajstić information content (AvgIpc) is 3.45. The molecule has 0 amide bonds. The van der Waals surface area contributed by atoms with Gasteiger partial charge in [-0.15, -0.1) is 0 Å². The maximum absolute atomic E-state index is 13.0. The molecule has 0 bridgehead atoms. The van der Waals surface area contributed by atoms with Crippen molar-refractivity contribution in [1.29, 1.82) is 0 Å². The van der Waals surface area contributed by atoms with Crippen LogP contribution in [0.1, 0.15) is 393 Å². The second kappa shape index (κ2) is 68.1. The molecule has 0 aliphatic heterocycles. The van der Waals surface area contributed by atoms with Crippen LogP contribution >= 0.6 is 0 Å². The summed E-state index contributed by atoms with van der Waals surface area (Å²) in [5, 5.41) is 0. The van der Waals surface area contributed by atoms with Crippen LogP contribution in [0, 0.1) is 0 Å². The van der Waals surface area contributed by atoms with Crippen LogP contribution < -0.4 is 0 Å². The van der Waals surface area contributed by atoms with Gasteiger partial charge in [0.2, 0.25) is 0 Å².